The topological polar surface area (TPSA) is 50.7 Å². The normalized spacial score (nSPS) is 19.1. The third-order valence-electron chi connectivity index (χ3n) is 3.52. The highest BCUT2D eigenvalue weighted by Crippen LogP contribution is 2.36. The van der Waals surface area contributed by atoms with Crippen molar-refractivity contribution in [2.45, 2.75) is 45.8 Å². The Morgan fingerprint density at radius 1 is 1.18 bits per heavy atom. The highest BCUT2D eigenvalue weighted by Gasteiger charge is 2.32. The molecule has 0 bridgehead atoms. The molecule has 102 valence electrons. The number of aliphatic hydroxyl groups excluding tert-OH is 1. The van der Waals surface area contributed by atoms with Crippen LogP contribution in [0.4, 0.5) is 0 Å². The maximum absolute atomic E-state index is 9.49. The zero-order chi connectivity index (χ0) is 12.6. The van der Waals surface area contributed by atoms with Crippen LogP contribution in [0, 0.1) is 5.41 Å². The predicted molar refractivity (Wildman–Crippen MR) is 67.9 cm³/mol. The molecule has 1 saturated carbocycles. The molecule has 1 fully saturated rings. The summed E-state index contributed by atoms with van der Waals surface area (Å²) in [4.78, 5) is 0. The summed E-state index contributed by atoms with van der Waals surface area (Å²) < 4.78 is 10.9. The summed E-state index contributed by atoms with van der Waals surface area (Å²) in [5.74, 6) is 0. The molecule has 0 aliphatic heterocycles. The van der Waals surface area contributed by atoms with Crippen LogP contribution in [0.1, 0.15) is 39.5 Å². The van der Waals surface area contributed by atoms with Crippen molar-refractivity contribution in [3.8, 4) is 0 Å². The standard InChI is InChI=1S/C13H27NO3/c1-3-16-12(17-4-2)9-14-10-13(11-15)7-5-6-8-13/h12,14-15H,3-11H2,1-2H3. The van der Waals surface area contributed by atoms with Gasteiger partial charge in [-0.25, -0.2) is 0 Å². The smallest absolute Gasteiger partial charge is 0.169 e. The van der Waals surface area contributed by atoms with E-state index in [1.54, 1.807) is 0 Å². The van der Waals surface area contributed by atoms with Crippen LogP contribution in [0.3, 0.4) is 0 Å². The van der Waals surface area contributed by atoms with Crippen LogP contribution in [0.5, 0.6) is 0 Å². The van der Waals surface area contributed by atoms with Crippen LogP contribution in [0.2, 0.25) is 0 Å². The molecule has 4 heteroatoms. The summed E-state index contributed by atoms with van der Waals surface area (Å²) in [7, 11) is 0. The molecule has 2 N–H and O–H groups in total. The van der Waals surface area contributed by atoms with Crippen molar-refractivity contribution in [1.82, 2.24) is 5.32 Å². The molecular weight excluding hydrogens is 218 g/mol. The molecule has 0 saturated heterocycles. The van der Waals surface area contributed by atoms with E-state index in [-0.39, 0.29) is 18.3 Å². The Kier molecular flexibility index (Phi) is 7.04. The maximum atomic E-state index is 9.49. The molecule has 0 unspecified atom stereocenters. The molecule has 4 nitrogen and oxygen atoms in total. The van der Waals surface area contributed by atoms with Crippen molar-refractivity contribution in [3.63, 3.8) is 0 Å². The zero-order valence-corrected chi connectivity index (χ0v) is 11.2. The van der Waals surface area contributed by atoms with E-state index in [0.717, 1.165) is 19.4 Å². The average molecular weight is 245 g/mol. The van der Waals surface area contributed by atoms with Crippen molar-refractivity contribution >= 4 is 0 Å². The fourth-order valence-corrected chi connectivity index (χ4v) is 2.51. The molecule has 0 amide bonds. The third kappa shape index (κ3) is 4.92. The van der Waals surface area contributed by atoms with Gasteiger partial charge >= 0.3 is 0 Å². The first kappa shape index (κ1) is 14.9. The lowest BCUT2D eigenvalue weighted by molar-refractivity contribution is -0.133. The van der Waals surface area contributed by atoms with Crippen LogP contribution < -0.4 is 5.32 Å². The molecule has 1 aliphatic carbocycles. The Morgan fingerprint density at radius 2 is 1.76 bits per heavy atom. The van der Waals surface area contributed by atoms with Crippen LogP contribution in [-0.2, 0) is 9.47 Å². The van der Waals surface area contributed by atoms with Gasteiger partial charge in [0.25, 0.3) is 0 Å². The van der Waals surface area contributed by atoms with Gasteiger partial charge in [-0.05, 0) is 26.7 Å². The van der Waals surface area contributed by atoms with Crippen LogP contribution in [-0.4, -0.2) is 44.3 Å². The van der Waals surface area contributed by atoms with E-state index in [1.165, 1.54) is 12.8 Å². The lowest BCUT2D eigenvalue weighted by Gasteiger charge is -2.28. The Hall–Kier alpha value is -0.160. The number of hydrogen-bond acceptors (Lipinski definition) is 4. The second kappa shape index (κ2) is 8.03. The number of aliphatic hydroxyl groups is 1. The highest BCUT2D eigenvalue weighted by molar-refractivity contribution is 4.86. The SMILES string of the molecule is CCOC(CNCC1(CO)CCCC1)OCC. The summed E-state index contributed by atoms with van der Waals surface area (Å²) in [5.41, 5.74) is 0.100. The summed E-state index contributed by atoms with van der Waals surface area (Å²) in [5, 5.41) is 12.9. The molecule has 17 heavy (non-hydrogen) atoms. The molecule has 0 aromatic carbocycles. The first-order valence-corrected chi connectivity index (χ1v) is 6.81. The summed E-state index contributed by atoms with van der Waals surface area (Å²) in [6.45, 7) is 7.11. The lowest BCUT2D eigenvalue weighted by Crippen LogP contribution is -2.40. The Balaban J connectivity index is 2.24. The highest BCUT2D eigenvalue weighted by atomic mass is 16.7. The Labute approximate surface area is 105 Å². The molecule has 0 aromatic rings. The first-order valence-electron chi connectivity index (χ1n) is 6.81. The van der Waals surface area contributed by atoms with E-state index >= 15 is 0 Å². The average Bonchev–Trinajstić information content (AvgIpc) is 2.79. The number of rotatable bonds is 9. The van der Waals surface area contributed by atoms with Crippen LogP contribution in [0.15, 0.2) is 0 Å². The van der Waals surface area contributed by atoms with Gasteiger partial charge in [0.15, 0.2) is 6.29 Å². The monoisotopic (exact) mass is 245 g/mol. The van der Waals surface area contributed by atoms with Gasteiger partial charge in [0.2, 0.25) is 0 Å². The number of nitrogens with one attached hydrogen (secondary N) is 1. The van der Waals surface area contributed by atoms with Crippen molar-refractivity contribution < 1.29 is 14.6 Å². The van der Waals surface area contributed by atoms with Crippen molar-refractivity contribution in [2.24, 2.45) is 5.41 Å². The van der Waals surface area contributed by atoms with Gasteiger partial charge in [0.05, 0.1) is 0 Å². The molecule has 1 rings (SSSR count). The number of ether oxygens (including phenoxy) is 2. The van der Waals surface area contributed by atoms with E-state index in [9.17, 15) is 5.11 Å². The molecule has 0 spiro atoms. The molecular formula is C13H27NO3. The van der Waals surface area contributed by atoms with Crippen LogP contribution in [0.25, 0.3) is 0 Å². The van der Waals surface area contributed by atoms with Gasteiger partial charge in [-0.3, -0.25) is 0 Å². The van der Waals surface area contributed by atoms with Gasteiger partial charge in [0.1, 0.15) is 0 Å². The molecule has 0 atom stereocenters. The minimum Gasteiger partial charge on any atom is -0.396 e. The van der Waals surface area contributed by atoms with Crippen molar-refractivity contribution in [1.29, 1.82) is 0 Å². The second-order valence-electron chi connectivity index (χ2n) is 4.84. The summed E-state index contributed by atoms with van der Waals surface area (Å²) >= 11 is 0. The fourth-order valence-electron chi connectivity index (χ4n) is 2.51. The molecule has 1 aliphatic rings. The Morgan fingerprint density at radius 3 is 2.24 bits per heavy atom. The van der Waals surface area contributed by atoms with E-state index in [2.05, 4.69) is 5.32 Å². The van der Waals surface area contributed by atoms with Crippen molar-refractivity contribution in [2.75, 3.05) is 32.9 Å². The van der Waals surface area contributed by atoms with Gasteiger partial charge in [-0.2, -0.15) is 0 Å². The summed E-state index contributed by atoms with van der Waals surface area (Å²) in [6.07, 6.45) is 4.57. The van der Waals surface area contributed by atoms with E-state index in [1.807, 2.05) is 13.8 Å². The minimum absolute atomic E-state index is 0.100. The van der Waals surface area contributed by atoms with E-state index < -0.39 is 0 Å². The maximum Gasteiger partial charge on any atom is 0.169 e. The minimum atomic E-state index is -0.165. The second-order valence-corrected chi connectivity index (χ2v) is 4.84. The van der Waals surface area contributed by atoms with Gasteiger partial charge in [-0.15, -0.1) is 0 Å². The Bertz CT molecular complexity index is 187. The van der Waals surface area contributed by atoms with Gasteiger partial charge in [-0.1, -0.05) is 12.8 Å². The lowest BCUT2D eigenvalue weighted by atomic mass is 9.87. The van der Waals surface area contributed by atoms with E-state index in [4.69, 9.17) is 9.47 Å². The van der Waals surface area contributed by atoms with Crippen molar-refractivity contribution in [3.05, 3.63) is 0 Å². The predicted octanol–water partition coefficient (Wildman–Crippen LogP) is 1.53. The quantitative estimate of drug-likeness (QED) is 0.605. The van der Waals surface area contributed by atoms with Crippen LogP contribution >= 0.6 is 0 Å². The fraction of sp³-hybridized carbons (Fsp3) is 1.00. The number of hydrogen-bond donors (Lipinski definition) is 2. The van der Waals surface area contributed by atoms with Gasteiger partial charge < -0.3 is 19.9 Å². The zero-order valence-electron chi connectivity index (χ0n) is 11.2. The first-order chi connectivity index (χ1) is 8.26. The summed E-state index contributed by atoms with van der Waals surface area (Å²) in [6, 6.07) is 0. The third-order valence-corrected chi connectivity index (χ3v) is 3.52. The van der Waals surface area contributed by atoms with Gasteiger partial charge in [0, 0.05) is 38.3 Å². The van der Waals surface area contributed by atoms with E-state index in [0.29, 0.717) is 19.8 Å². The molecule has 0 aromatic heterocycles. The largest absolute Gasteiger partial charge is 0.396 e. The molecule has 0 radical (unpaired) electrons. The molecule has 0 heterocycles.